The predicted octanol–water partition coefficient (Wildman–Crippen LogP) is 2.67. The number of likely N-dealkylation sites (tertiary alicyclic amines) is 1. The first-order valence-electron chi connectivity index (χ1n) is 10.6. The number of anilines is 1. The number of thiophene rings is 1. The molecule has 2 aromatic rings. The van der Waals surface area contributed by atoms with E-state index in [0.717, 1.165) is 20.9 Å². The van der Waals surface area contributed by atoms with Crippen molar-refractivity contribution < 1.29 is 23.9 Å². The monoisotopic (exact) mass is 455 g/mol. The van der Waals surface area contributed by atoms with Crippen LogP contribution >= 0.6 is 11.3 Å². The maximum Gasteiger partial charge on any atom is 0.257 e. The van der Waals surface area contributed by atoms with Crippen LogP contribution < -0.4 is 5.32 Å². The number of ether oxygens (including phenoxy) is 1. The summed E-state index contributed by atoms with van der Waals surface area (Å²) in [5, 5.41) is 3.35. The molecular weight excluding hydrogens is 430 g/mol. The van der Waals surface area contributed by atoms with Gasteiger partial charge in [0.15, 0.2) is 0 Å². The number of amides is 4. The van der Waals surface area contributed by atoms with Crippen LogP contribution in [0.5, 0.6) is 0 Å². The molecule has 2 aliphatic rings. The number of benzene rings is 1. The molecule has 0 radical (unpaired) electrons. The molecule has 8 nitrogen and oxygen atoms in total. The molecule has 4 rings (SSSR count). The van der Waals surface area contributed by atoms with Gasteiger partial charge >= 0.3 is 0 Å². The molecule has 0 atom stereocenters. The van der Waals surface area contributed by atoms with E-state index in [1.807, 2.05) is 37.3 Å². The van der Waals surface area contributed by atoms with Crippen LogP contribution in [-0.2, 0) is 19.1 Å². The summed E-state index contributed by atoms with van der Waals surface area (Å²) in [6.45, 7) is 3.92. The maximum absolute atomic E-state index is 13.3. The van der Waals surface area contributed by atoms with Gasteiger partial charge in [-0.15, -0.1) is 11.3 Å². The Balaban J connectivity index is 1.58. The molecule has 2 saturated heterocycles. The van der Waals surface area contributed by atoms with Crippen molar-refractivity contribution in [1.29, 1.82) is 0 Å². The molecule has 0 spiro atoms. The normalized spacial score (nSPS) is 16.5. The number of hydrogen-bond donors (Lipinski definition) is 1. The SMILES string of the molecule is Cc1c(-c2ccccc2)sc(NC(=O)CCN2C(=O)CCC2=O)c1C(=O)N1CCOCC1. The Morgan fingerprint density at radius 3 is 2.38 bits per heavy atom. The Hall–Kier alpha value is -3.04. The molecule has 2 aliphatic heterocycles. The third-order valence-corrected chi connectivity index (χ3v) is 6.92. The highest BCUT2D eigenvalue weighted by Gasteiger charge is 2.30. The van der Waals surface area contributed by atoms with Crippen LogP contribution in [0.4, 0.5) is 5.00 Å². The van der Waals surface area contributed by atoms with E-state index in [1.165, 1.54) is 11.3 Å². The first-order valence-corrected chi connectivity index (χ1v) is 11.5. The van der Waals surface area contributed by atoms with Crippen molar-refractivity contribution in [3.05, 3.63) is 41.5 Å². The summed E-state index contributed by atoms with van der Waals surface area (Å²) in [6, 6.07) is 9.73. The number of hydrogen-bond acceptors (Lipinski definition) is 6. The van der Waals surface area contributed by atoms with Gasteiger partial charge in [0.05, 0.1) is 18.8 Å². The second-order valence-electron chi connectivity index (χ2n) is 7.77. The van der Waals surface area contributed by atoms with E-state index in [2.05, 4.69) is 5.32 Å². The second kappa shape index (κ2) is 9.62. The fourth-order valence-corrected chi connectivity index (χ4v) is 5.14. The zero-order chi connectivity index (χ0) is 22.7. The summed E-state index contributed by atoms with van der Waals surface area (Å²) >= 11 is 1.36. The van der Waals surface area contributed by atoms with Gasteiger partial charge in [-0.05, 0) is 18.1 Å². The topological polar surface area (TPSA) is 96.0 Å². The Bertz CT molecular complexity index is 1030. The molecule has 1 aromatic heterocycles. The lowest BCUT2D eigenvalue weighted by molar-refractivity contribution is -0.138. The van der Waals surface area contributed by atoms with E-state index in [1.54, 1.807) is 4.90 Å². The Morgan fingerprint density at radius 2 is 1.72 bits per heavy atom. The van der Waals surface area contributed by atoms with Crippen LogP contribution in [0.15, 0.2) is 30.3 Å². The number of nitrogens with one attached hydrogen (secondary N) is 1. The molecular formula is C23H25N3O5S. The molecule has 1 aromatic carbocycles. The van der Waals surface area contributed by atoms with Crippen molar-refractivity contribution in [1.82, 2.24) is 9.80 Å². The third kappa shape index (κ3) is 4.58. The summed E-state index contributed by atoms with van der Waals surface area (Å²) in [5.41, 5.74) is 2.27. The van der Waals surface area contributed by atoms with Gasteiger partial charge in [-0.2, -0.15) is 0 Å². The zero-order valence-electron chi connectivity index (χ0n) is 17.9. The van der Waals surface area contributed by atoms with Gasteiger partial charge in [0.25, 0.3) is 5.91 Å². The average molecular weight is 456 g/mol. The summed E-state index contributed by atoms with van der Waals surface area (Å²) in [6.07, 6.45) is 0.382. The lowest BCUT2D eigenvalue weighted by Crippen LogP contribution is -2.41. The van der Waals surface area contributed by atoms with Crippen molar-refractivity contribution in [2.24, 2.45) is 0 Å². The molecule has 1 N–H and O–H groups in total. The molecule has 3 heterocycles. The highest BCUT2D eigenvalue weighted by molar-refractivity contribution is 7.20. The van der Waals surface area contributed by atoms with Gasteiger partial charge in [0.2, 0.25) is 17.7 Å². The molecule has 0 unspecified atom stereocenters. The molecule has 0 saturated carbocycles. The highest BCUT2D eigenvalue weighted by Crippen LogP contribution is 2.40. The van der Waals surface area contributed by atoms with Crippen molar-refractivity contribution in [2.75, 3.05) is 38.2 Å². The minimum Gasteiger partial charge on any atom is -0.378 e. The second-order valence-corrected chi connectivity index (χ2v) is 8.79. The fourth-order valence-electron chi connectivity index (χ4n) is 3.92. The predicted molar refractivity (Wildman–Crippen MR) is 120 cm³/mol. The quantitative estimate of drug-likeness (QED) is 0.676. The van der Waals surface area contributed by atoms with Crippen LogP contribution in [0.3, 0.4) is 0 Å². The maximum atomic E-state index is 13.3. The average Bonchev–Trinajstić information content (AvgIpc) is 3.31. The highest BCUT2D eigenvalue weighted by atomic mass is 32.1. The van der Waals surface area contributed by atoms with Gasteiger partial charge < -0.3 is 15.0 Å². The van der Waals surface area contributed by atoms with Gasteiger partial charge in [-0.1, -0.05) is 30.3 Å². The summed E-state index contributed by atoms with van der Waals surface area (Å²) in [7, 11) is 0. The summed E-state index contributed by atoms with van der Waals surface area (Å²) in [4.78, 5) is 53.4. The summed E-state index contributed by atoms with van der Waals surface area (Å²) in [5.74, 6) is -0.965. The Labute approximate surface area is 190 Å². The van der Waals surface area contributed by atoms with Crippen LogP contribution in [0.25, 0.3) is 10.4 Å². The fraction of sp³-hybridized carbons (Fsp3) is 0.391. The van der Waals surface area contributed by atoms with Crippen molar-refractivity contribution in [2.45, 2.75) is 26.2 Å². The van der Waals surface area contributed by atoms with E-state index in [0.29, 0.717) is 36.9 Å². The molecule has 0 bridgehead atoms. The number of morpholine rings is 1. The smallest absolute Gasteiger partial charge is 0.257 e. The summed E-state index contributed by atoms with van der Waals surface area (Å²) < 4.78 is 5.36. The third-order valence-electron chi connectivity index (χ3n) is 5.67. The molecule has 9 heteroatoms. The van der Waals surface area contributed by atoms with Gasteiger partial charge in [-0.3, -0.25) is 24.1 Å². The van der Waals surface area contributed by atoms with Crippen molar-refractivity contribution in [3.8, 4) is 10.4 Å². The Morgan fingerprint density at radius 1 is 1.06 bits per heavy atom. The minimum absolute atomic E-state index is 0.0136. The van der Waals surface area contributed by atoms with E-state index in [9.17, 15) is 19.2 Å². The van der Waals surface area contributed by atoms with E-state index >= 15 is 0 Å². The first-order chi connectivity index (χ1) is 15.5. The van der Waals surface area contributed by atoms with Crippen molar-refractivity contribution >= 4 is 40.0 Å². The molecule has 0 aliphatic carbocycles. The molecule has 168 valence electrons. The van der Waals surface area contributed by atoms with E-state index < -0.39 is 0 Å². The van der Waals surface area contributed by atoms with E-state index in [4.69, 9.17) is 4.74 Å². The number of carbonyl (C=O) groups excluding carboxylic acids is 4. The molecule has 2 fully saturated rings. The van der Waals surface area contributed by atoms with Crippen LogP contribution in [0.2, 0.25) is 0 Å². The van der Waals surface area contributed by atoms with Crippen molar-refractivity contribution in [3.63, 3.8) is 0 Å². The number of rotatable bonds is 6. The van der Waals surface area contributed by atoms with Crippen LogP contribution in [-0.4, -0.2) is 66.3 Å². The number of imide groups is 1. The lowest BCUT2D eigenvalue weighted by atomic mass is 10.1. The standard InChI is InChI=1S/C23H25N3O5S/c1-15-20(23(30)25-11-13-31-14-12-25)22(32-21(15)16-5-3-2-4-6-16)24-17(27)9-10-26-18(28)7-8-19(26)29/h2-6H,7-14H2,1H3,(H,24,27). The Kier molecular flexibility index (Phi) is 6.66. The molecule has 4 amide bonds. The van der Waals surface area contributed by atoms with E-state index in [-0.39, 0.29) is 49.4 Å². The zero-order valence-corrected chi connectivity index (χ0v) is 18.7. The van der Waals surface area contributed by atoms with Gasteiger partial charge in [-0.25, -0.2) is 0 Å². The van der Waals surface area contributed by atoms with Gasteiger partial charge in [0, 0.05) is 43.8 Å². The number of carbonyl (C=O) groups is 4. The number of nitrogens with zero attached hydrogens (tertiary/aromatic N) is 2. The van der Waals surface area contributed by atoms with Crippen LogP contribution in [0.1, 0.15) is 35.2 Å². The lowest BCUT2D eigenvalue weighted by Gasteiger charge is -2.27. The van der Waals surface area contributed by atoms with Crippen LogP contribution in [0, 0.1) is 6.92 Å². The van der Waals surface area contributed by atoms with Gasteiger partial charge in [0.1, 0.15) is 5.00 Å². The minimum atomic E-state index is -0.339. The molecule has 32 heavy (non-hydrogen) atoms. The largest absolute Gasteiger partial charge is 0.378 e. The first kappa shape index (κ1) is 22.2.